The number of halogens is 2. The molecule has 13 heteroatoms. The van der Waals surface area contributed by atoms with Gasteiger partial charge < -0.3 is 9.29 Å². The fourth-order valence-electron chi connectivity index (χ4n) is 5.42. The summed E-state index contributed by atoms with van der Waals surface area (Å²) in [5, 5.41) is -5.96. The zero-order valence-electron chi connectivity index (χ0n) is 20.7. The number of alkyl halides is 2. The van der Waals surface area contributed by atoms with E-state index in [1.54, 1.807) is 0 Å². The summed E-state index contributed by atoms with van der Waals surface area (Å²) in [6.45, 7) is 0. The first-order chi connectivity index (χ1) is 18.9. The summed E-state index contributed by atoms with van der Waals surface area (Å²) in [7, 11) is -10.0. The molecule has 0 amide bonds. The molecule has 1 heterocycles. The van der Waals surface area contributed by atoms with Gasteiger partial charge in [-0.1, -0.05) is 54.6 Å². The average Bonchev–Trinajstić information content (AvgIpc) is 3.55. The lowest BCUT2D eigenvalue weighted by atomic mass is 9.94. The first-order valence-electron chi connectivity index (χ1n) is 12.3. The van der Waals surface area contributed by atoms with Crippen LogP contribution in [-0.2, 0) is 44.8 Å². The molecule has 1 aliphatic heterocycles. The molecule has 6 rings (SSSR count). The van der Waals surface area contributed by atoms with Crippen molar-refractivity contribution in [2.75, 3.05) is 0 Å². The molecule has 212 valence electrons. The highest BCUT2D eigenvalue weighted by Crippen LogP contribution is 2.55. The molecule has 0 radical (unpaired) electrons. The van der Waals surface area contributed by atoms with Gasteiger partial charge in [-0.25, -0.2) is 13.2 Å². The number of rotatable bonds is 6. The number of fused-ring (bicyclic) bond motifs is 1. The van der Waals surface area contributed by atoms with Crippen LogP contribution in [0.1, 0.15) is 12.8 Å². The maximum atomic E-state index is 13.1. The van der Waals surface area contributed by atoms with Gasteiger partial charge in [0.25, 0.3) is 10.1 Å². The molecule has 40 heavy (non-hydrogen) atoms. The van der Waals surface area contributed by atoms with E-state index >= 15 is 0 Å². The monoisotopic (exact) mass is 610 g/mol. The van der Waals surface area contributed by atoms with Crippen LogP contribution in [0.25, 0.3) is 0 Å². The van der Waals surface area contributed by atoms with E-state index in [1.165, 1.54) is 14.7 Å². The molecular weight excluding hydrogens is 586 g/mol. The van der Waals surface area contributed by atoms with Crippen LogP contribution in [0.15, 0.2) is 106 Å². The van der Waals surface area contributed by atoms with E-state index in [0.29, 0.717) is 6.42 Å². The molecule has 2 bridgehead atoms. The average molecular weight is 611 g/mol. The van der Waals surface area contributed by atoms with Crippen molar-refractivity contribution in [3.8, 4) is 0 Å². The van der Waals surface area contributed by atoms with Crippen molar-refractivity contribution < 1.29 is 43.9 Å². The maximum Gasteiger partial charge on any atom is 0.428 e. The van der Waals surface area contributed by atoms with Crippen LogP contribution >= 0.6 is 0 Å². The molecule has 3 aromatic carbocycles. The lowest BCUT2D eigenvalue weighted by Crippen LogP contribution is -2.45. The number of esters is 1. The van der Waals surface area contributed by atoms with Crippen LogP contribution in [0.2, 0.25) is 0 Å². The fraction of sp³-hybridized carbons (Fsp3) is 0.296. The van der Waals surface area contributed by atoms with Gasteiger partial charge >= 0.3 is 11.2 Å². The largest absolute Gasteiger partial charge is 0.743 e. The predicted octanol–water partition coefficient (Wildman–Crippen LogP) is 3.96. The van der Waals surface area contributed by atoms with E-state index in [2.05, 4.69) is 95.7 Å². The van der Waals surface area contributed by atoms with Crippen LogP contribution in [0.5, 0.6) is 0 Å². The Balaban J connectivity index is 0.000000162. The molecule has 5 atom stereocenters. The first-order valence-corrected chi connectivity index (χ1v) is 16.4. The molecule has 5 unspecified atom stereocenters. The number of benzene rings is 3. The normalized spacial score (nSPS) is 26.2. The number of carbonyl (C=O) groups excluding carboxylic acids is 1. The molecule has 1 saturated heterocycles. The third-order valence-electron chi connectivity index (χ3n) is 7.15. The Morgan fingerprint density at radius 2 is 1.32 bits per heavy atom. The van der Waals surface area contributed by atoms with Gasteiger partial charge in [0.1, 0.15) is 12.2 Å². The van der Waals surface area contributed by atoms with Gasteiger partial charge in [0.2, 0.25) is 0 Å². The molecule has 8 nitrogen and oxygen atoms in total. The predicted molar refractivity (Wildman–Crippen MR) is 140 cm³/mol. The highest BCUT2D eigenvalue weighted by molar-refractivity contribution is 7.97. The Morgan fingerprint density at radius 1 is 0.875 bits per heavy atom. The molecule has 3 aromatic rings. The molecule has 0 aromatic heterocycles. The zero-order valence-corrected chi connectivity index (χ0v) is 23.2. The van der Waals surface area contributed by atoms with Crippen molar-refractivity contribution >= 4 is 37.1 Å². The summed E-state index contributed by atoms with van der Waals surface area (Å²) in [5.74, 6) is -3.47. The lowest BCUT2D eigenvalue weighted by Gasteiger charge is -2.27. The van der Waals surface area contributed by atoms with E-state index in [1.807, 2.05) is 0 Å². The summed E-state index contributed by atoms with van der Waals surface area (Å²) >= 11 is 0. The zero-order chi connectivity index (χ0) is 28.7. The van der Waals surface area contributed by atoms with Crippen molar-refractivity contribution in [1.29, 1.82) is 0 Å². The van der Waals surface area contributed by atoms with Gasteiger partial charge in [0.15, 0.2) is 24.8 Å². The summed E-state index contributed by atoms with van der Waals surface area (Å²) in [5.41, 5.74) is 0. The first kappa shape index (κ1) is 28.7. The molecule has 3 fully saturated rings. The van der Waals surface area contributed by atoms with E-state index in [-0.39, 0.29) is 17.3 Å². The molecule has 2 aliphatic carbocycles. The van der Waals surface area contributed by atoms with Crippen LogP contribution in [0.4, 0.5) is 8.78 Å². The Kier molecular flexibility index (Phi) is 7.79. The second-order valence-electron chi connectivity index (χ2n) is 9.57. The van der Waals surface area contributed by atoms with E-state index in [9.17, 15) is 35.0 Å². The standard InChI is InChI=1S/C18H15S.C9H10F2O8S2/c1-4-10-16(11-5-1)19(17-12-6-2-7-13-17)18-14-8-3-9-15-18;10-9(11,21(15,16)17)8(12)18-6-3-1-4-5(2-3)20(13,14)19-7(4)6/h1-15H;3-7H,1-2H2,(H,15,16,17)/q+1;/p-1. The van der Waals surface area contributed by atoms with Crippen LogP contribution in [-0.4, -0.2) is 50.1 Å². The Hall–Kier alpha value is -2.84. The number of hydrogen-bond donors (Lipinski definition) is 0. The van der Waals surface area contributed by atoms with Crippen LogP contribution in [0, 0.1) is 11.8 Å². The van der Waals surface area contributed by atoms with Crippen molar-refractivity contribution in [2.45, 2.75) is 50.2 Å². The van der Waals surface area contributed by atoms with E-state index in [0.717, 1.165) is 0 Å². The van der Waals surface area contributed by atoms with Gasteiger partial charge in [0, 0.05) is 11.8 Å². The minimum Gasteiger partial charge on any atom is -0.743 e. The summed E-state index contributed by atoms with van der Waals surface area (Å²) in [4.78, 5) is 15.3. The third kappa shape index (κ3) is 5.40. The topological polar surface area (TPSA) is 127 Å². The number of ether oxygens (including phenoxy) is 1. The number of hydrogen-bond acceptors (Lipinski definition) is 8. The number of carbonyl (C=O) groups is 1. The molecule has 3 aliphatic rings. The van der Waals surface area contributed by atoms with Gasteiger partial charge in [-0.05, 0) is 49.2 Å². The molecular formula is C27H24F2O8S3. The van der Waals surface area contributed by atoms with Crippen LogP contribution in [0.3, 0.4) is 0 Å². The Bertz CT molecular complexity index is 1480. The minimum absolute atomic E-state index is 0.0146. The van der Waals surface area contributed by atoms with Crippen molar-refractivity contribution in [2.24, 2.45) is 11.8 Å². The summed E-state index contributed by atoms with van der Waals surface area (Å²) < 4.78 is 89.6. The fourth-order valence-corrected chi connectivity index (χ4v) is 9.65. The van der Waals surface area contributed by atoms with Crippen molar-refractivity contribution in [1.82, 2.24) is 0 Å². The highest BCUT2D eigenvalue weighted by Gasteiger charge is 2.66. The van der Waals surface area contributed by atoms with Crippen molar-refractivity contribution in [3.05, 3.63) is 91.0 Å². The van der Waals surface area contributed by atoms with Crippen molar-refractivity contribution in [3.63, 3.8) is 0 Å². The van der Waals surface area contributed by atoms with E-state index < -0.39 is 60.8 Å². The lowest BCUT2D eigenvalue weighted by molar-refractivity contribution is -0.173. The second kappa shape index (κ2) is 10.9. The molecule has 0 spiro atoms. The SMILES string of the molecule is O=C(OC1C2CC3C1OS(=O)(=O)C3C2)C(F)(F)S(=O)(=O)[O-].c1ccc([S+](c2ccccc2)c2ccccc2)cc1. The van der Waals surface area contributed by atoms with Gasteiger partial charge in [-0.2, -0.15) is 17.2 Å². The quantitative estimate of drug-likeness (QED) is 0.178. The minimum atomic E-state index is -6.21. The van der Waals surface area contributed by atoms with Gasteiger partial charge in [-0.15, -0.1) is 0 Å². The molecule has 2 saturated carbocycles. The highest BCUT2D eigenvalue weighted by atomic mass is 32.2. The smallest absolute Gasteiger partial charge is 0.428 e. The van der Waals surface area contributed by atoms with Gasteiger partial charge in [-0.3, -0.25) is 4.18 Å². The van der Waals surface area contributed by atoms with E-state index in [4.69, 9.17) is 4.18 Å². The Labute approximate surface area is 233 Å². The third-order valence-corrected chi connectivity index (χ3v) is 11.9. The Morgan fingerprint density at radius 3 is 1.75 bits per heavy atom. The molecule has 0 N–H and O–H groups in total. The van der Waals surface area contributed by atoms with Gasteiger partial charge in [0.05, 0.1) is 16.1 Å². The summed E-state index contributed by atoms with van der Waals surface area (Å²) in [6.07, 6.45) is -1.96. The second-order valence-corrected chi connectivity index (χ2v) is 14.8. The maximum absolute atomic E-state index is 13.1. The summed E-state index contributed by atoms with van der Waals surface area (Å²) in [6, 6.07) is 32.2. The van der Waals surface area contributed by atoms with Crippen LogP contribution < -0.4 is 0 Å².